The van der Waals surface area contributed by atoms with E-state index in [2.05, 4.69) is 15.9 Å². The molecule has 2 aromatic carbocycles. The molecular weight excluding hydrogens is 394 g/mol. The van der Waals surface area contributed by atoms with Crippen molar-refractivity contribution in [3.05, 3.63) is 63.5 Å². The summed E-state index contributed by atoms with van der Waals surface area (Å²) in [5.41, 5.74) is 1.60. The summed E-state index contributed by atoms with van der Waals surface area (Å²) in [7, 11) is 1.61. The number of ether oxygens (including phenoxy) is 1. The number of hydrogen-bond acceptors (Lipinski definition) is 4. The van der Waals surface area contributed by atoms with Crippen molar-refractivity contribution in [2.45, 2.75) is 0 Å². The number of rotatable bonds is 3. The van der Waals surface area contributed by atoms with Gasteiger partial charge in [-0.3, -0.25) is 9.69 Å². The number of carbonyl (C=O) groups is 1. The molecule has 0 N–H and O–H groups in total. The molecule has 3 nitrogen and oxygen atoms in total. The molecule has 0 aliphatic carbocycles. The third-order valence-electron chi connectivity index (χ3n) is 3.31. The summed E-state index contributed by atoms with van der Waals surface area (Å²) in [6.07, 6.45) is 1.81. The highest BCUT2D eigenvalue weighted by molar-refractivity contribution is 9.10. The van der Waals surface area contributed by atoms with Gasteiger partial charge in [0.05, 0.1) is 17.7 Å². The zero-order valence-corrected chi connectivity index (χ0v) is 15.4. The van der Waals surface area contributed by atoms with E-state index >= 15 is 0 Å². The predicted molar refractivity (Wildman–Crippen MR) is 103 cm³/mol. The van der Waals surface area contributed by atoms with Crippen LogP contribution in [0.3, 0.4) is 0 Å². The van der Waals surface area contributed by atoms with Crippen LogP contribution in [0, 0.1) is 0 Å². The normalized spacial score (nSPS) is 16.3. The van der Waals surface area contributed by atoms with Gasteiger partial charge in [-0.2, -0.15) is 0 Å². The van der Waals surface area contributed by atoms with Crippen molar-refractivity contribution in [3.8, 4) is 5.75 Å². The first kappa shape index (κ1) is 16.2. The van der Waals surface area contributed by atoms with E-state index in [4.69, 9.17) is 17.0 Å². The third-order valence-corrected chi connectivity index (χ3v) is 5.29. The van der Waals surface area contributed by atoms with Crippen LogP contribution in [0.15, 0.2) is 57.9 Å². The van der Waals surface area contributed by atoms with Crippen molar-refractivity contribution < 1.29 is 9.53 Å². The zero-order chi connectivity index (χ0) is 16.4. The molecule has 1 heterocycles. The van der Waals surface area contributed by atoms with Gasteiger partial charge < -0.3 is 4.74 Å². The topological polar surface area (TPSA) is 29.5 Å². The molecule has 1 amide bonds. The van der Waals surface area contributed by atoms with Gasteiger partial charge in [-0.1, -0.05) is 54.3 Å². The zero-order valence-electron chi connectivity index (χ0n) is 12.2. The molecule has 0 radical (unpaired) electrons. The maximum atomic E-state index is 12.8. The summed E-state index contributed by atoms with van der Waals surface area (Å²) < 4.78 is 6.67. The lowest BCUT2D eigenvalue weighted by molar-refractivity contribution is -0.113. The molecule has 0 unspecified atom stereocenters. The van der Waals surface area contributed by atoms with Crippen LogP contribution in [0.5, 0.6) is 5.75 Å². The Balaban J connectivity index is 1.99. The van der Waals surface area contributed by atoms with Crippen LogP contribution >= 0.6 is 39.9 Å². The van der Waals surface area contributed by atoms with Crippen LogP contribution in [0.25, 0.3) is 6.08 Å². The molecule has 0 aromatic heterocycles. The number of para-hydroxylation sites is 2. The number of thioether (sulfide) groups is 1. The van der Waals surface area contributed by atoms with E-state index < -0.39 is 0 Å². The van der Waals surface area contributed by atoms with Gasteiger partial charge in [0.15, 0.2) is 4.32 Å². The molecule has 2 aromatic rings. The summed E-state index contributed by atoms with van der Waals surface area (Å²) in [6.45, 7) is 0. The Kier molecular flexibility index (Phi) is 4.84. The number of benzene rings is 2. The van der Waals surface area contributed by atoms with E-state index in [1.807, 2.05) is 54.6 Å². The first-order chi connectivity index (χ1) is 11.1. The smallest absolute Gasteiger partial charge is 0.270 e. The SMILES string of the molecule is COc1ccccc1/C=C1/SC(=S)N(c2ccccc2Br)C1=O. The molecule has 0 saturated carbocycles. The summed E-state index contributed by atoms with van der Waals surface area (Å²) in [5, 5.41) is 0. The van der Waals surface area contributed by atoms with Gasteiger partial charge >= 0.3 is 0 Å². The molecule has 1 aliphatic heterocycles. The van der Waals surface area contributed by atoms with Gasteiger partial charge in [-0.25, -0.2) is 0 Å². The Bertz CT molecular complexity index is 820. The quantitative estimate of drug-likeness (QED) is 0.538. The Morgan fingerprint density at radius 2 is 1.87 bits per heavy atom. The fraction of sp³-hybridized carbons (Fsp3) is 0.0588. The third kappa shape index (κ3) is 3.20. The number of anilines is 1. The molecule has 23 heavy (non-hydrogen) atoms. The molecule has 0 atom stereocenters. The number of hydrogen-bond donors (Lipinski definition) is 0. The highest BCUT2D eigenvalue weighted by Crippen LogP contribution is 2.39. The first-order valence-electron chi connectivity index (χ1n) is 6.77. The lowest BCUT2D eigenvalue weighted by Crippen LogP contribution is -2.27. The van der Waals surface area contributed by atoms with Gasteiger partial charge in [0.2, 0.25) is 0 Å². The van der Waals surface area contributed by atoms with E-state index in [1.165, 1.54) is 11.8 Å². The minimum Gasteiger partial charge on any atom is -0.496 e. The summed E-state index contributed by atoms with van der Waals surface area (Å²) in [5.74, 6) is 0.594. The summed E-state index contributed by atoms with van der Waals surface area (Å²) in [4.78, 5) is 14.9. The summed E-state index contributed by atoms with van der Waals surface area (Å²) in [6, 6.07) is 15.1. The molecule has 0 bridgehead atoms. The van der Waals surface area contributed by atoms with Crippen LogP contribution in [-0.4, -0.2) is 17.3 Å². The fourth-order valence-corrected chi connectivity index (χ4v) is 3.97. The van der Waals surface area contributed by atoms with E-state index in [9.17, 15) is 4.79 Å². The Morgan fingerprint density at radius 1 is 1.17 bits per heavy atom. The largest absolute Gasteiger partial charge is 0.496 e. The molecule has 116 valence electrons. The fourth-order valence-electron chi connectivity index (χ4n) is 2.24. The lowest BCUT2D eigenvalue weighted by atomic mass is 10.2. The second-order valence-corrected chi connectivity index (χ2v) is 7.24. The van der Waals surface area contributed by atoms with Crippen LogP contribution in [0.4, 0.5) is 5.69 Å². The molecule has 1 aliphatic rings. The van der Waals surface area contributed by atoms with E-state index in [0.29, 0.717) is 9.23 Å². The highest BCUT2D eigenvalue weighted by Gasteiger charge is 2.34. The molecule has 6 heteroatoms. The maximum Gasteiger partial charge on any atom is 0.270 e. The number of nitrogens with zero attached hydrogens (tertiary/aromatic N) is 1. The van der Waals surface area contributed by atoms with Gasteiger partial charge in [-0.15, -0.1) is 0 Å². The van der Waals surface area contributed by atoms with Crippen molar-refractivity contribution in [1.29, 1.82) is 0 Å². The van der Waals surface area contributed by atoms with Gasteiger partial charge in [0.25, 0.3) is 5.91 Å². The molecule has 1 fully saturated rings. The molecule has 3 rings (SSSR count). The number of halogens is 1. The molecule has 1 saturated heterocycles. The number of carbonyl (C=O) groups excluding carboxylic acids is 1. The second kappa shape index (κ2) is 6.86. The van der Waals surface area contributed by atoms with Crippen molar-refractivity contribution in [3.63, 3.8) is 0 Å². The van der Waals surface area contributed by atoms with Gasteiger partial charge in [0, 0.05) is 10.0 Å². The predicted octanol–water partition coefficient (Wildman–Crippen LogP) is 4.86. The van der Waals surface area contributed by atoms with Crippen molar-refractivity contribution in [2.24, 2.45) is 0 Å². The Hall–Kier alpha value is -1.63. The minimum atomic E-state index is -0.127. The Labute approximate surface area is 152 Å². The maximum absolute atomic E-state index is 12.8. The standard InChI is InChI=1S/C17H12BrNO2S2/c1-21-14-9-5-2-6-11(14)10-15-16(20)19(17(22)23-15)13-8-4-3-7-12(13)18/h2-10H,1H3/b15-10+. The van der Waals surface area contributed by atoms with E-state index in [-0.39, 0.29) is 5.91 Å². The number of methoxy groups -OCH3 is 1. The van der Waals surface area contributed by atoms with Crippen molar-refractivity contribution >= 4 is 61.9 Å². The van der Waals surface area contributed by atoms with E-state index in [0.717, 1.165) is 21.5 Å². The van der Waals surface area contributed by atoms with Gasteiger partial charge in [0.1, 0.15) is 5.75 Å². The minimum absolute atomic E-state index is 0.127. The average molecular weight is 406 g/mol. The van der Waals surface area contributed by atoms with Crippen LogP contribution in [0.1, 0.15) is 5.56 Å². The number of thiocarbonyl (C=S) groups is 1. The Morgan fingerprint density at radius 3 is 2.61 bits per heavy atom. The van der Waals surface area contributed by atoms with Crippen LogP contribution in [0.2, 0.25) is 0 Å². The molecule has 0 spiro atoms. The second-order valence-electron chi connectivity index (χ2n) is 4.71. The van der Waals surface area contributed by atoms with Gasteiger partial charge in [-0.05, 0) is 40.2 Å². The number of amides is 1. The summed E-state index contributed by atoms with van der Waals surface area (Å²) >= 11 is 10.1. The highest BCUT2D eigenvalue weighted by atomic mass is 79.9. The average Bonchev–Trinajstić information content (AvgIpc) is 2.83. The van der Waals surface area contributed by atoms with Crippen molar-refractivity contribution in [1.82, 2.24) is 0 Å². The van der Waals surface area contributed by atoms with Crippen molar-refractivity contribution in [2.75, 3.05) is 12.0 Å². The van der Waals surface area contributed by atoms with Crippen LogP contribution < -0.4 is 9.64 Å². The first-order valence-corrected chi connectivity index (χ1v) is 8.79. The lowest BCUT2D eigenvalue weighted by Gasteiger charge is -2.15. The monoisotopic (exact) mass is 405 g/mol. The van der Waals surface area contributed by atoms with E-state index in [1.54, 1.807) is 12.0 Å². The molecular formula is C17H12BrNO2S2. The van der Waals surface area contributed by atoms with Crippen LogP contribution in [-0.2, 0) is 4.79 Å².